The predicted molar refractivity (Wildman–Crippen MR) is 127 cm³/mol. The van der Waals surface area contributed by atoms with Gasteiger partial charge in [-0.3, -0.25) is 9.69 Å². The number of nitrogens with zero attached hydrogens (tertiary/aromatic N) is 1. The summed E-state index contributed by atoms with van der Waals surface area (Å²) >= 11 is 12.3. The SMILES string of the molecule is CCOC(=O)c1ccc(-c2ccc(/C=C3/SC(=S)N(c4ccc(F)c(Cl)c4)C3=O)o2)cc1. The Morgan fingerprint density at radius 3 is 2.66 bits per heavy atom. The van der Waals surface area contributed by atoms with Crippen LogP contribution in [0.2, 0.25) is 5.02 Å². The minimum absolute atomic E-state index is 0.0924. The van der Waals surface area contributed by atoms with Crippen molar-refractivity contribution in [2.24, 2.45) is 0 Å². The van der Waals surface area contributed by atoms with Crippen LogP contribution in [0.5, 0.6) is 0 Å². The fraction of sp³-hybridized carbons (Fsp3) is 0.0870. The number of esters is 1. The van der Waals surface area contributed by atoms with Crippen molar-refractivity contribution in [1.29, 1.82) is 0 Å². The molecule has 1 aromatic heterocycles. The van der Waals surface area contributed by atoms with Crippen LogP contribution in [0.25, 0.3) is 17.4 Å². The molecule has 32 heavy (non-hydrogen) atoms. The number of thioether (sulfide) groups is 1. The van der Waals surface area contributed by atoms with Gasteiger partial charge in [0.05, 0.1) is 27.8 Å². The number of carbonyl (C=O) groups excluding carboxylic acids is 2. The number of furan rings is 1. The monoisotopic (exact) mass is 487 g/mol. The van der Waals surface area contributed by atoms with E-state index in [0.717, 1.165) is 17.3 Å². The first-order valence-electron chi connectivity index (χ1n) is 9.47. The molecule has 2 aromatic carbocycles. The molecule has 0 saturated carbocycles. The van der Waals surface area contributed by atoms with E-state index in [1.807, 2.05) is 0 Å². The second-order valence-electron chi connectivity index (χ2n) is 6.62. The summed E-state index contributed by atoms with van der Waals surface area (Å²) in [6.07, 6.45) is 1.60. The highest BCUT2D eigenvalue weighted by molar-refractivity contribution is 8.27. The van der Waals surface area contributed by atoms with E-state index >= 15 is 0 Å². The minimum Gasteiger partial charge on any atom is -0.462 e. The van der Waals surface area contributed by atoms with Gasteiger partial charge in [0.1, 0.15) is 17.3 Å². The summed E-state index contributed by atoms with van der Waals surface area (Å²) in [5, 5.41) is -0.0924. The highest BCUT2D eigenvalue weighted by Gasteiger charge is 2.34. The Labute approximate surface area is 197 Å². The zero-order valence-electron chi connectivity index (χ0n) is 16.6. The number of hydrogen-bond acceptors (Lipinski definition) is 6. The number of rotatable bonds is 5. The summed E-state index contributed by atoms with van der Waals surface area (Å²) in [4.78, 5) is 26.3. The van der Waals surface area contributed by atoms with Gasteiger partial charge in [0.25, 0.3) is 5.91 Å². The fourth-order valence-corrected chi connectivity index (χ4v) is 4.47. The summed E-state index contributed by atoms with van der Waals surface area (Å²) in [7, 11) is 0. The number of amides is 1. The van der Waals surface area contributed by atoms with E-state index in [2.05, 4.69) is 0 Å². The average molecular weight is 488 g/mol. The van der Waals surface area contributed by atoms with E-state index in [4.69, 9.17) is 33.0 Å². The Morgan fingerprint density at radius 2 is 1.97 bits per heavy atom. The molecule has 0 aliphatic carbocycles. The van der Waals surface area contributed by atoms with Crippen LogP contribution in [0, 0.1) is 5.82 Å². The molecular weight excluding hydrogens is 473 g/mol. The van der Waals surface area contributed by atoms with Gasteiger partial charge >= 0.3 is 5.97 Å². The molecule has 5 nitrogen and oxygen atoms in total. The summed E-state index contributed by atoms with van der Waals surface area (Å²) in [6.45, 7) is 2.06. The van der Waals surface area contributed by atoms with E-state index in [0.29, 0.717) is 38.6 Å². The fourth-order valence-electron chi connectivity index (χ4n) is 3.01. The van der Waals surface area contributed by atoms with Gasteiger partial charge in [0, 0.05) is 11.6 Å². The van der Waals surface area contributed by atoms with Crippen molar-refractivity contribution in [3.63, 3.8) is 0 Å². The minimum atomic E-state index is -0.574. The number of anilines is 1. The Bertz CT molecular complexity index is 1250. The van der Waals surface area contributed by atoms with Crippen LogP contribution in [-0.4, -0.2) is 22.8 Å². The molecule has 4 rings (SSSR count). The molecule has 1 aliphatic rings. The van der Waals surface area contributed by atoms with E-state index in [1.54, 1.807) is 49.4 Å². The molecule has 1 fully saturated rings. The van der Waals surface area contributed by atoms with Gasteiger partial charge in [-0.05, 0) is 49.4 Å². The van der Waals surface area contributed by atoms with Crippen molar-refractivity contribution in [2.45, 2.75) is 6.92 Å². The third-order valence-electron chi connectivity index (χ3n) is 4.54. The third-order valence-corrected chi connectivity index (χ3v) is 6.13. The Balaban J connectivity index is 1.54. The number of benzene rings is 2. The normalized spacial score (nSPS) is 15.0. The van der Waals surface area contributed by atoms with Crippen molar-refractivity contribution in [3.05, 3.63) is 81.7 Å². The highest BCUT2D eigenvalue weighted by Crippen LogP contribution is 2.37. The van der Waals surface area contributed by atoms with E-state index in [9.17, 15) is 14.0 Å². The van der Waals surface area contributed by atoms with Crippen LogP contribution in [0.1, 0.15) is 23.0 Å². The van der Waals surface area contributed by atoms with E-state index < -0.39 is 5.82 Å². The van der Waals surface area contributed by atoms with Crippen molar-refractivity contribution in [3.8, 4) is 11.3 Å². The van der Waals surface area contributed by atoms with Crippen LogP contribution < -0.4 is 4.90 Å². The molecule has 0 bridgehead atoms. The van der Waals surface area contributed by atoms with Crippen LogP contribution in [0.4, 0.5) is 10.1 Å². The standard InChI is InChI=1S/C23H15ClFNO4S2/c1-2-29-22(28)14-5-3-13(4-6-14)19-10-8-16(30-19)12-20-21(27)26(23(31)32-20)15-7-9-18(25)17(24)11-15/h3-12H,2H2,1H3/b20-12+. The molecular formula is C23H15ClFNO4S2. The van der Waals surface area contributed by atoms with Crippen molar-refractivity contribution in [1.82, 2.24) is 0 Å². The summed E-state index contributed by atoms with van der Waals surface area (Å²) < 4.78 is 24.6. The van der Waals surface area contributed by atoms with Gasteiger partial charge < -0.3 is 9.15 Å². The molecule has 162 valence electrons. The zero-order valence-corrected chi connectivity index (χ0v) is 19.0. The maximum absolute atomic E-state index is 13.5. The molecule has 9 heteroatoms. The van der Waals surface area contributed by atoms with Crippen molar-refractivity contribution >= 4 is 63.5 Å². The van der Waals surface area contributed by atoms with Gasteiger partial charge in [0.15, 0.2) is 4.32 Å². The highest BCUT2D eigenvalue weighted by atomic mass is 35.5. The van der Waals surface area contributed by atoms with E-state index in [1.165, 1.54) is 23.1 Å². The molecule has 1 aliphatic heterocycles. The number of thiocarbonyl (C=S) groups is 1. The van der Waals surface area contributed by atoms with Crippen LogP contribution in [-0.2, 0) is 9.53 Å². The Kier molecular flexibility index (Phi) is 6.45. The van der Waals surface area contributed by atoms with Crippen LogP contribution >= 0.6 is 35.6 Å². The largest absolute Gasteiger partial charge is 0.462 e. The van der Waals surface area contributed by atoms with Gasteiger partial charge in [-0.1, -0.05) is 47.7 Å². The quantitative estimate of drug-likeness (QED) is 0.238. The molecule has 2 heterocycles. The maximum atomic E-state index is 13.5. The van der Waals surface area contributed by atoms with Crippen molar-refractivity contribution < 1.29 is 23.1 Å². The molecule has 1 amide bonds. The van der Waals surface area contributed by atoms with Gasteiger partial charge in [-0.25, -0.2) is 9.18 Å². The van der Waals surface area contributed by atoms with Gasteiger partial charge in [-0.2, -0.15) is 0 Å². The zero-order chi connectivity index (χ0) is 22.8. The predicted octanol–water partition coefficient (Wildman–Crippen LogP) is 6.32. The molecule has 0 atom stereocenters. The number of hydrogen-bond donors (Lipinski definition) is 0. The summed E-state index contributed by atoms with van der Waals surface area (Å²) in [5.74, 6) is -0.266. The maximum Gasteiger partial charge on any atom is 0.338 e. The lowest BCUT2D eigenvalue weighted by Gasteiger charge is -2.14. The number of carbonyl (C=O) groups is 2. The molecule has 0 unspecified atom stereocenters. The first-order valence-corrected chi connectivity index (χ1v) is 11.1. The topological polar surface area (TPSA) is 59.8 Å². The third kappa shape index (κ3) is 4.48. The molecule has 0 spiro atoms. The number of halogens is 2. The first-order chi connectivity index (χ1) is 15.4. The Morgan fingerprint density at radius 1 is 1.22 bits per heavy atom. The molecule has 1 saturated heterocycles. The lowest BCUT2D eigenvalue weighted by Crippen LogP contribution is -2.27. The summed E-state index contributed by atoms with van der Waals surface area (Å²) in [6, 6.07) is 14.3. The van der Waals surface area contributed by atoms with E-state index in [-0.39, 0.29) is 16.9 Å². The van der Waals surface area contributed by atoms with Crippen LogP contribution in [0.15, 0.2) is 63.9 Å². The molecule has 0 radical (unpaired) electrons. The second kappa shape index (κ2) is 9.28. The lowest BCUT2D eigenvalue weighted by atomic mass is 10.1. The average Bonchev–Trinajstić information content (AvgIpc) is 3.35. The van der Waals surface area contributed by atoms with Crippen molar-refractivity contribution in [2.75, 3.05) is 11.5 Å². The summed E-state index contributed by atoms with van der Waals surface area (Å²) in [5.41, 5.74) is 1.61. The Hall–Kier alpha value is -2.94. The van der Waals surface area contributed by atoms with Gasteiger partial charge in [-0.15, -0.1) is 0 Å². The smallest absolute Gasteiger partial charge is 0.338 e. The van der Waals surface area contributed by atoms with Gasteiger partial charge in [0.2, 0.25) is 0 Å². The molecule has 0 N–H and O–H groups in total. The number of ether oxygens (including phenoxy) is 1. The second-order valence-corrected chi connectivity index (χ2v) is 8.70. The van der Waals surface area contributed by atoms with Crippen LogP contribution in [0.3, 0.4) is 0 Å². The first kappa shape index (κ1) is 22.3. The lowest BCUT2D eigenvalue weighted by molar-refractivity contribution is -0.113. The molecule has 3 aromatic rings.